The highest BCUT2D eigenvalue weighted by Crippen LogP contribution is 2.27. The Hall–Kier alpha value is -2.43. The summed E-state index contributed by atoms with van der Waals surface area (Å²) in [5.41, 5.74) is 0.438. The number of benzene rings is 2. The minimum Gasteiger partial charge on any atom is -0.505 e. The third-order valence-electron chi connectivity index (χ3n) is 2.65. The van der Waals surface area contributed by atoms with Gasteiger partial charge in [-0.2, -0.15) is 0 Å². The second kappa shape index (κ2) is 5.06. The molecule has 0 spiro atoms. The smallest absolute Gasteiger partial charge is 0.337 e. The summed E-state index contributed by atoms with van der Waals surface area (Å²) in [6.45, 7) is 0. The molecular formula is C14H10F2O3. The van der Waals surface area contributed by atoms with Gasteiger partial charge < -0.3 is 9.84 Å². The summed E-state index contributed by atoms with van der Waals surface area (Å²) in [7, 11) is 1.21. The van der Waals surface area contributed by atoms with Crippen molar-refractivity contribution in [3.8, 4) is 16.9 Å². The summed E-state index contributed by atoms with van der Waals surface area (Å²) < 4.78 is 31.5. The fourth-order valence-electron chi connectivity index (χ4n) is 1.67. The van der Waals surface area contributed by atoms with E-state index in [-0.39, 0.29) is 16.7 Å². The number of hydrogen-bond acceptors (Lipinski definition) is 3. The van der Waals surface area contributed by atoms with Gasteiger partial charge in [-0.1, -0.05) is 6.07 Å². The van der Waals surface area contributed by atoms with E-state index in [1.54, 1.807) is 0 Å². The number of phenolic OH excluding ortho intramolecular Hbond substituents is 1. The number of esters is 1. The van der Waals surface area contributed by atoms with Crippen LogP contribution in [-0.2, 0) is 4.74 Å². The third kappa shape index (κ3) is 2.54. The molecule has 0 atom stereocenters. The van der Waals surface area contributed by atoms with Gasteiger partial charge in [0.05, 0.1) is 12.7 Å². The van der Waals surface area contributed by atoms with Gasteiger partial charge in [0.1, 0.15) is 5.82 Å². The molecule has 0 unspecified atom stereocenters. The molecule has 0 amide bonds. The number of carbonyl (C=O) groups excluding carboxylic acids is 1. The molecule has 0 heterocycles. The van der Waals surface area contributed by atoms with Gasteiger partial charge in [-0.3, -0.25) is 0 Å². The number of rotatable bonds is 2. The van der Waals surface area contributed by atoms with E-state index in [1.807, 2.05) is 0 Å². The van der Waals surface area contributed by atoms with Crippen molar-refractivity contribution in [3.63, 3.8) is 0 Å². The summed E-state index contributed by atoms with van der Waals surface area (Å²) in [4.78, 5) is 11.4. The normalized spacial score (nSPS) is 10.3. The van der Waals surface area contributed by atoms with Gasteiger partial charge >= 0.3 is 5.97 Å². The number of methoxy groups -OCH3 is 1. The van der Waals surface area contributed by atoms with Crippen molar-refractivity contribution >= 4 is 5.97 Å². The highest BCUT2D eigenvalue weighted by molar-refractivity contribution is 5.91. The first-order valence-corrected chi connectivity index (χ1v) is 5.39. The lowest BCUT2D eigenvalue weighted by Crippen LogP contribution is -2.02. The first-order valence-electron chi connectivity index (χ1n) is 5.39. The Labute approximate surface area is 108 Å². The van der Waals surface area contributed by atoms with Crippen LogP contribution in [-0.4, -0.2) is 18.2 Å². The molecule has 0 aliphatic carbocycles. The molecule has 0 radical (unpaired) electrons. The van der Waals surface area contributed by atoms with Crippen LogP contribution >= 0.6 is 0 Å². The number of hydrogen-bond donors (Lipinski definition) is 1. The molecule has 0 fully saturated rings. The molecular weight excluding hydrogens is 254 g/mol. The van der Waals surface area contributed by atoms with Gasteiger partial charge in [-0.15, -0.1) is 0 Å². The van der Waals surface area contributed by atoms with Crippen molar-refractivity contribution in [1.29, 1.82) is 0 Å². The maximum absolute atomic E-state index is 13.7. The average molecular weight is 264 g/mol. The standard InChI is InChI=1S/C14H10F2O3/c1-19-14(18)9-2-4-11(15)10(6-9)8-3-5-13(17)12(16)7-8/h2-7,17H,1H3. The molecule has 0 aliphatic heterocycles. The van der Waals surface area contributed by atoms with Gasteiger partial charge in [0.15, 0.2) is 11.6 Å². The molecule has 0 aliphatic rings. The summed E-state index contributed by atoms with van der Waals surface area (Å²) >= 11 is 0. The van der Waals surface area contributed by atoms with Crippen LogP contribution in [0.5, 0.6) is 5.75 Å². The minimum atomic E-state index is -0.861. The highest BCUT2D eigenvalue weighted by Gasteiger charge is 2.12. The van der Waals surface area contributed by atoms with Crippen LogP contribution in [0, 0.1) is 11.6 Å². The number of aromatic hydroxyl groups is 1. The van der Waals surface area contributed by atoms with Gasteiger partial charge in [-0.25, -0.2) is 13.6 Å². The minimum absolute atomic E-state index is 0.0572. The molecule has 0 bridgehead atoms. The number of phenols is 1. The van der Waals surface area contributed by atoms with Crippen LogP contribution in [0.25, 0.3) is 11.1 Å². The van der Waals surface area contributed by atoms with Gasteiger partial charge in [0, 0.05) is 5.56 Å². The Morgan fingerprint density at radius 1 is 1.11 bits per heavy atom. The lowest BCUT2D eigenvalue weighted by molar-refractivity contribution is 0.0600. The van der Waals surface area contributed by atoms with E-state index in [0.717, 1.165) is 18.2 Å². The quantitative estimate of drug-likeness (QED) is 0.848. The lowest BCUT2D eigenvalue weighted by Gasteiger charge is -2.07. The van der Waals surface area contributed by atoms with Crippen LogP contribution in [0.1, 0.15) is 10.4 Å². The Bertz CT molecular complexity index is 639. The molecule has 1 N–H and O–H groups in total. The summed E-state index contributed by atoms with van der Waals surface area (Å²) in [5, 5.41) is 9.10. The van der Waals surface area contributed by atoms with E-state index in [1.165, 1.54) is 25.3 Å². The predicted octanol–water partition coefficient (Wildman–Crippen LogP) is 3.12. The largest absolute Gasteiger partial charge is 0.505 e. The predicted molar refractivity (Wildman–Crippen MR) is 64.8 cm³/mol. The first-order chi connectivity index (χ1) is 9.02. The average Bonchev–Trinajstić information content (AvgIpc) is 2.41. The van der Waals surface area contributed by atoms with E-state index >= 15 is 0 Å². The van der Waals surface area contributed by atoms with Crippen LogP contribution in [0.15, 0.2) is 36.4 Å². The summed E-state index contributed by atoms with van der Waals surface area (Å²) in [6, 6.07) is 7.13. The Balaban J connectivity index is 2.54. The monoisotopic (exact) mass is 264 g/mol. The van der Waals surface area contributed by atoms with Crippen molar-refractivity contribution in [3.05, 3.63) is 53.6 Å². The van der Waals surface area contributed by atoms with Crippen molar-refractivity contribution in [1.82, 2.24) is 0 Å². The molecule has 98 valence electrons. The van der Waals surface area contributed by atoms with E-state index in [9.17, 15) is 13.6 Å². The number of ether oxygens (including phenoxy) is 1. The zero-order chi connectivity index (χ0) is 14.0. The van der Waals surface area contributed by atoms with E-state index in [0.29, 0.717) is 0 Å². The molecule has 2 rings (SSSR count). The van der Waals surface area contributed by atoms with E-state index in [2.05, 4.69) is 4.74 Å². The Kier molecular flexibility index (Phi) is 3.46. The second-order valence-corrected chi connectivity index (χ2v) is 3.85. The Morgan fingerprint density at radius 2 is 1.84 bits per heavy atom. The van der Waals surface area contributed by atoms with Crippen molar-refractivity contribution in [2.24, 2.45) is 0 Å². The van der Waals surface area contributed by atoms with Gasteiger partial charge in [0.2, 0.25) is 0 Å². The van der Waals surface area contributed by atoms with E-state index < -0.39 is 23.4 Å². The third-order valence-corrected chi connectivity index (χ3v) is 2.65. The molecule has 0 aromatic heterocycles. The molecule has 0 saturated heterocycles. The topological polar surface area (TPSA) is 46.5 Å². The molecule has 0 saturated carbocycles. The maximum Gasteiger partial charge on any atom is 0.337 e. The highest BCUT2D eigenvalue weighted by atomic mass is 19.1. The molecule has 19 heavy (non-hydrogen) atoms. The van der Waals surface area contributed by atoms with Gasteiger partial charge in [0.25, 0.3) is 0 Å². The van der Waals surface area contributed by atoms with Crippen LogP contribution in [0.3, 0.4) is 0 Å². The number of halogens is 2. The zero-order valence-electron chi connectivity index (χ0n) is 9.98. The van der Waals surface area contributed by atoms with Crippen molar-refractivity contribution < 1.29 is 23.4 Å². The van der Waals surface area contributed by atoms with Crippen molar-refractivity contribution in [2.45, 2.75) is 0 Å². The summed E-state index contributed by atoms with van der Waals surface area (Å²) in [5.74, 6) is -2.59. The second-order valence-electron chi connectivity index (χ2n) is 3.85. The lowest BCUT2D eigenvalue weighted by atomic mass is 10.0. The van der Waals surface area contributed by atoms with Crippen LogP contribution in [0.4, 0.5) is 8.78 Å². The van der Waals surface area contributed by atoms with Crippen LogP contribution in [0.2, 0.25) is 0 Å². The molecule has 2 aromatic rings. The van der Waals surface area contributed by atoms with Crippen molar-refractivity contribution in [2.75, 3.05) is 7.11 Å². The fraction of sp³-hybridized carbons (Fsp3) is 0.0714. The molecule has 2 aromatic carbocycles. The fourth-order valence-corrected chi connectivity index (χ4v) is 1.67. The zero-order valence-corrected chi connectivity index (χ0v) is 9.98. The first kappa shape index (κ1) is 13.0. The van der Waals surface area contributed by atoms with E-state index in [4.69, 9.17) is 5.11 Å². The summed E-state index contributed by atoms with van der Waals surface area (Å²) in [6.07, 6.45) is 0. The number of carbonyl (C=O) groups is 1. The molecule has 3 nitrogen and oxygen atoms in total. The van der Waals surface area contributed by atoms with Gasteiger partial charge in [-0.05, 0) is 35.9 Å². The Morgan fingerprint density at radius 3 is 2.47 bits per heavy atom. The maximum atomic E-state index is 13.7. The SMILES string of the molecule is COC(=O)c1ccc(F)c(-c2ccc(O)c(F)c2)c1. The molecule has 5 heteroatoms. The van der Waals surface area contributed by atoms with Crippen LogP contribution < -0.4 is 0 Å².